The Morgan fingerprint density at radius 2 is 2.41 bits per heavy atom. The van der Waals surface area contributed by atoms with Crippen molar-refractivity contribution in [2.45, 2.75) is 31.8 Å². The summed E-state index contributed by atoms with van der Waals surface area (Å²) in [4.78, 5) is 11.9. The summed E-state index contributed by atoms with van der Waals surface area (Å²) in [6, 6.07) is 8.06. The van der Waals surface area contributed by atoms with Crippen LogP contribution in [0.4, 0.5) is 0 Å². The van der Waals surface area contributed by atoms with Gasteiger partial charge in [0.2, 0.25) is 5.91 Å². The molecule has 1 aliphatic heterocycles. The number of carbonyl (C=O) groups excluding carboxylic acids is 1. The van der Waals surface area contributed by atoms with Crippen LogP contribution in [0.2, 0.25) is 0 Å². The molecule has 0 spiro atoms. The van der Waals surface area contributed by atoms with E-state index in [0.29, 0.717) is 0 Å². The van der Waals surface area contributed by atoms with E-state index in [4.69, 9.17) is 0 Å². The first-order chi connectivity index (χ1) is 8.16. The third-order valence-electron chi connectivity index (χ3n) is 3.08. The van der Waals surface area contributed by atoms with Gasteiger partial charge in [0.1, 0.15) is 0 Å². The molecule has 0 radical (unpaired) electrons. The summed E-state index contributed by atoms with van der Waals surface area (Å²) in [6.07, 6.45) is 2.03. The number of hydrogen-bond donors (Lipinski definition) is 2. The van der Waals surface area contributed by atoms with Crippen LogP contribution < -0.4 is 10.6 Å². The average Bonchev–Trinajstić information content (AvgIpc) is 2.82. The van der Waals surface area contributed by atoms with Crippen molar-refractivity contribution in [1.82, 2.24) is 10.6 Å². The van der Waals surface area contributed by atoms with Gasteiger partial charge in [0, 0.05) is 4.47 Å². The second-order valence-corrected chi connectivity index (χ2v) is 5.35. The number of benzene rings is 1. The molecule has 2 N–H and O–H groups in total. The molecule has 1 heterocycles. The minimum atomic E-state index is -0.00963. The molecule has 1 aliphatic rings. The molecular formula is C13H17BrN2O. The topological polar surface area (TPSA) is 41.1 Å². The number of amides is 1. The molecule has 92 valence electrons. The molecule has 4 heteroatoms. The van der Waals surface area contributed by atoms with E-state index in [1.807, 2.05) is 31.2 Å². The fraction of sp³-hybridized carbons (Fsp3) is 0.462. The van der Waals surface area contributed by atoms with E-state index in [1.54, 1.807) is 0 Å². The van der Waals surface area contributed by atoms with Gasteiger partial charge in [-0.1, -0.05) is 28.1 Å². The number of hydrogen-bond acceptors (Lipinski definition) is 2. The maximum Gasteiger partial charge on any atom is 0.237 e. The van der Waals surface area contributed by atoms with Gasteiger partial charge in [-0.2, -0.15) is 0 Å². The van der Waals surface area contributed by atoms with E-state index in [9.17, 15) is 4.79 Å². The van der Waals surface area contributed by atoms with Gasteiger partial charge in [-0.15, -0.1) is 0 Å². The Balaban J connectivity index is 1.96. The van der Waals surface area contributed by atoms with Gasteiger partial charge >= 0.3 is 0 Å². The van der Waals surface area contributed by atoms with E-state index >= 15 is 0 Å². The van der Waals surface area contributed by atoms with E-state index in [-0.39, 0.29) is 18.0 Å². The second-order valence-electron chi connectivity index (χ2n) is 4.43. The summed E-state index contributed by atoms with van der Waals surface area (Å²) < 4.78 is 1.04. The van der Waals surface area contributed by atoms with Crippen LogP contribution in [0.25, 0.3) is 0 Å². The first kappa shape index (κ1) is 12.6. The van der Waals surface area contributed by atoms with Crippen molar-refractivity contribution in [3.8, 4) is 0 Å². The number of carbonyl (C=O) groups is 1. The molecule has 1 unspecified atom stereocenters. The molecule has 1 aromatic carbocycles. The summed E-state index contributed by atoms with van der Waals surface area (Å²) in [7, 11) is 0. The Morgan fingerprint density at radius 3 is 3.06 bits per heavy atom. The second kappa shape index (κ2) is 5.65. The highest BCUT2D eigenvalue weighted by atomic mass is 79.9. The largest absolute Gasteiger partial charge is 0.348 e. The molecule has 1 saturated heterocycles. The molecule has 3 nitrogen and oxygen atoms in total. The SMILES string of the molecule is CC(NC(=O)[C@@H]1CCCN1)c1cccc(Br)c1. The third-order valence-corrected chi connectivity index (χ3v) is 3.58. The molecule has 2 atom stereocenters. The summed E-state index contributed by atoms with van der Waals surface area (Å²) >= 11 is 3.44. The highest BCUT2D eigenvalue weighted by Gasteiger charge is 2.23. The number of nitrogens with one attached hydrogen (secondary N) is 2. The van der Waals surface area contributed by atoms with E-state index < -0.39 is 0 Å². The van der Waals surface area contributed by atoms with Crippen LogP contribution in [0.5, 0.6) is 0 Å². The first-order valence-electron chi connectivity index (χ1n) is 5.96. The van der Waals surface area contributed by atoms with Crippen LogP contribution >= 0.6 is 15.9 Å². The Labute approximate surface area is 110 Å². The third kappa shape index (κ3) is 3.30. The van der Waals surface area contributed by atoms with Gasteiger partial charge in [0.25, 0.3) is 0 Å². The van der Waals surface area contributed by atoms with Crippen molar-refractivity contribution in [1.29, 1.82) is 0 Å². The zero-order valence-electron chi connectivity index (χ0n) is 9.87. The molecule has 17 heavy (non-hydrogen) atoms. The van der Waals surface area contributed by atoms with Gasteiger partial charge in [-0.05, 0) is 44.0 Å². The van der Waals surface area contributed by atoms with Crippen LogP contribution in [0.15, 0.2) is 28.7 Å². The molecule has 1 amide bonds. The molecule has 1 aromatic rings. The predicted molar refractivity (Wildman–Crippen MR) is 71.7 cm³/mol. The van der Waals surface area contributed by atoms with E-state index in [1.165, 1.54) is 0 Å². The molecule has 2 rings (SSSR count). The Morgan fingerprint density at radius 1 is 1.59 bits per heavy atom. The van der Waals surface area contributed by atoms with Crippen LogP contribution in [0.1, 0.15) is 31.4 Å². The fourth-order valence-electron chi connectivity index (χ4n) is 2.08. The maximum absolute atomic E-state index is 11.9. The van der Waals surface area contributed by atoms with Crippen LogP contribution in [-0.2, 0) is 4.79 Å². The standard InChI is InChI=1S/C13H17BrN2O/c1-9(10-4-2-5-11(14)8-10)16-13(17)12-6-3-7-15-12/h2,4-5,8-9,12,15H,3,6-7H2,1H3,(H,16,17)/t9?,12-/m0/s1. The van der Waals surface area contributed by atoms with Crippen LogP contribution in [-0.4, -0.2) is 18.5 Å². The van der Waals surface area contributed by atoms with Crippen molar-refractivity contribution in [3.05, 3.63) is 34.3 Å². The lowest BCUT2D eigenvalue weighted by Gasteiger charge is -2.17. The Hall–Kier alpha value is -0.870. The van der Waals surface area contributed by atoms with Gasteiger partial charge in [-0.25, -0.2) is 0 Å². The van der Waals surface area contributed by atoms with Crippen LogP contribution in [0.3, 0.4) is 0 Å². The first-order valence-corrected chi connectivity index (χ1v) is 6.75. The molecule has 0 saturated carbocycles. The van der Waals surface area contributed by atoms with E-state index in [2.05, 4.69) is 26.6 Å². The summed E-state index contributed by atoms with van der Waals surface area (Å²) in [5, 5.41) is 6.25. The number of rotatable bonds is 3. The molecule has 0 aliphatic carbocycles. The maximum atomic E-state index is 11.9. The normalized spacial score (nSPS) is 21.2. The van der Waals surface area contributed by atoms with Crippen molar-refractivity contribution in [2.24, 2.45) is 0 Å². The zero-order chi connectivity index (χ0) is 12.3. The van der Waals surface area contributed by atoms with Crippen molar-refractivity contribution in [3.63, 3.8) is 0 Å². The lowest BCUT2D eigenvalue weighted by Crippen LogP contribution is -2.41. The highest BCUT2D eigenvalue weighted by molar-refractivity contribution is 9.10. The van der Waals surface area contributed by atoms with Gasteiger partial charge in [0.15, 0.2) is 0 Å². The number of halogens is 1. The molecule has 0 aromatic heterocycles. The lowest BCUT2D eigenvalue weighted by atomic mass is 10.1. The smallest absolute Gasteiger partial charge is 0.237 e. The minimum Gasteiger partial charge on any atom is -0.348 e. The van der Waals surface area contributed by atoms with Crippen molar-refractivity contribution >= 4 is 21.8 Å². The predicted octanol–water partition coefficient (Wildman–Crippen LogP) is 2.38. The van der Waals surface area contributed by atoms with Crippen LogP contribution in [0, 0.1) is 0 Å². The van der Waals surface area contributed by atoms with Gasteiger partial charge in [0.05, 0.1) is 12.1 Å². The summed E-state index contributed by atoms with van der Waals surface area (Å²) in [5.74, 6) is 0.106. The minimum absolute atomic E-state index is 0.00963. The molecular weight excluding hydrogens is 280 g/mol. The van der Waals surface area contributed by atoms with E-state index in [0.717, 1.165) is 29.4 Å². The molecule has 0 bridgehead atoms. The van der Waals surface area contributed by atoms with Gasteiger partial charge < -0.3 is 10.6 Å². The fourth-order valence-corrected chi connectivity index (χ4v) is 2.50. The summed E-state index contributed by atoms with van der Waals surface area (Å²) in [5.41, 5.74) is 1.12. The van der Waals surface area contributed by atoms with Crippen molar-refractivity contribution in [2.75, 3.05) is 6.54 Å². The lowest BCUT2D eigenvalue weighted by molar-refractivity contribution is -0.123. The quantitative estimate of drug-likeness (QED) is 0.899. The molecule has 1 fully saturated rings. The summed E-state index contributed by atoms with van der Waals surface area (Å²) in [6.45, 7) is 2.96. The van der Waals surface area contributed by atoms with Gasteiger partial charge in [-0.3, -0.25) is 4.79 Å². The Bertz CT molecular complexity index is 402. The highest BCUT2D eigenvalue weighted by Crippen LogP contribution is 2.18. The monoisotopic (exact) mass is 296 g/mol. The van der Waals surface area contributed by atoms with Crippen molar-refractivity contribution < 1.29 is 4.79 Å². The zero-order valence-corrected chi connectivity index (χ0v) is 11.5. The average molecular weight is 297 g/mol. The Kier molecular flexibility index (Phi) is 4.18.